The molecule has 1 rings (SSSR count). The molecule has 0 radical (unpaired) electrons. The molecule has 1 fully saturated rings. The Morgan fingerprint density at radius 1 is 1.16 bits per heavy atom. The summed E-state index contributed by atoms with van der Waals surface area (Å²) in [7, 11) is 0. The second-order valence-corrected chi connectivity index (χ2v) is 6.12. The Morgan fingerprint density at radius 3 is 2.26 bits per heavy atom. The summed E-state index contributed by atoms with van der Waals surface area (Å²) < 4.78 is 0. The fourth-order valence-electron chi connectivity index (χ4n) is 3.34. The van der Waals surface area contributed by atoms with Gasteiger partial charge in [0.25, 0.3) is 0 Å². The smallest absolute Gasteiger partial charge is 0.0613 e. The largest absolute Gasteiger partial charge is 0.394 e. The van der Waals surface area contributed by atoms with Crippen molar-refractivity contribution in [3.05, 3.63) is 0 Å². The van der Waals surface area contributed by atoms with Gasteiger partial charge in [-0.05, 0) is 44.7 Å². The van der Waals surface area contributed by atoms with Crippen molar-refractivity contribution in [1.82, 2.24) is 10.2 Å². The lowest BCUT2D eigenvalue weighted by Crippen LogP contribution is -2.52. The van der Waals surface area contributed by atoms with Crippen LogP contribution in [-0.2, 0) is 0 Å². The molecule has 0 bridgehead atoms. The Kier molecular flexibility index (Phi) is 7.96. The third-order valence-corrected chi connectivity index (χ3v) is 4.88. The molecule has 19 heavy (non-hydrogen) atoms. The van der Waals surface area contributed by atoms with Crippen molar-refractivity contribution in [2.75, 3.05) is 32.8 Å². The molecule has 0 unspecified atom stereocenters. The van der Waals surface area contributed by atoms with Crippen molar-refractivity contribution < 1.29 is 5.11 Å². The molecule has 1 aliphatic rings. The molecule has 0 aliphatic heterocycles. The normalized spacial score (nSPS) is 27.9. The minimum Gasteiger partial charge on any atom is -0.394 e. The van der Waals surface area contributed by atoms with Gasteiger partial charge in [-0.1, -0.05) is 33.6 Å². The van der Waals surface area contributed by atoms with Gasteiger partial charge in [0, 0.05) is 18.6 Å². The van der Waals surface area contributed by atoms with Crippen molar-refractivity contribution in [3.8, 4) is 0 Å². The molecular weight excluding hydrogens is 236 g/mol. The van der Waals surface area contributed by atoms with Gasteiger partial charge < -0.3 is 15.3 Å². The number of nitrogens with zero attached hydrogens (tertiary/aromatic N) is 1. The lowest BCUT2D eigenvalue weighted by atomic mass is 9.75. The Morgan fingerprint density at radius 2 is 1.79 bits per heavy atom. The summed E-state index contributed by atoms with van der Waals surface area (Å²) >= 11 is 0. The third-order valence-electron chi connectivity index (χ3n) is 4.88. The standard InChI is InChI=1S/C16H34N2O/c1-4-7-15-8-10-16(14-19,11-9-15)17-12-13-18(5-2)6-3/h15,17,19H,4-14H2,1-3H3. The predicted molar refractivity (Wildman–Crippen MR) is 82.5 cm³/mol. The molecule has 0 aromatic rings. The van der Waals surface area contributed by atoms with Crippen LogP contribution in [0.15, 0.2) is 0 Å². The van der Waals surface area contributed by atoms with E-state index >= 15 is 0 Å². The van der Waals surface area contributed by atoms with Crippen molar-refractivity contribution in [2.45, 2.75) is 64.8 Å². The summed E-state index contributed by atoms with van der Waals surface area (Å²) in [5.74, 6) is 0.897. The van der Waals surface area contributed by atoms with Gasteiger partial charge in [0.2, 0.25) is 0 Å². The minimum atomic E-state index is 0.0113. The molecule has 0 spiro atoms. The first-order valence-electron chi connectivity index (χ1n) is 8.28. The van der Waals surface area contributed by atoms with Crippen molar-refractivity contribution in [3.63, 3.8) is 0 Å². The highest BCUT2D eigenvalue weighted by atomic mass is 16.3. The Balaban J connectivity index is 2.32. The van der Waals surface area contributed by atoms with E-state index in [4.69, 9.17) is 0 Å². The van der Waals surface area contributed by atoms with Gasteiger partial charge >= 0.3 is 0 Å². The Bertz CT molecular complexity index is 221. The summed E-state index contributed by atoms with van der Waals surface area (Å²) in [6.45, 7) is 11.3. The molecule has 2 N–H and O–H groups in total. The molecule has 114 valence electrons. The van der Waals surface area contributed by atoms with E-state index in [-0.39, 0.29) is 5.54 Å². The lowest BCUT2D eigenvalue weighted by Gasteiger charge is -2.40. The maximum atomic E-state index is 9.76. The Hall–Kier alpha value is -0.120. The minimum absolute atomic E-state index is 0.0113. The van der Waals surface area contributed by atoms with Crippen molar-refractivity contribution in [1.29, 1.82) is 0 Å². The highest BCUT2D eigenvalue weighted by molar-refractivity contribution is 4.92. The summed E-state index contributed by atoms with van der Waals surface area (Å²) in [5.41, 5.74) is 0.0113. The number of rotatable bonds is 9. The topological polar surface area (TPSA) is 35.5 Å². The fraction of sp³-hybridized carbons (Fsp3) is 1.00. The molecule has 0 saturated heterocycles. The number of nitrogens with one attached hydrogen (secondary N) is 1. The summed E-state index contributed by atoms with van der Waals surface area (Å²) in [4.78, 5) is 2.43. The average molecular weight is 270 g/mol. The lowest BCUT2D eigenvalue weighted by molar-refractivity contribution is 0.0971. The highest BCUT2D eigenvalue weighted by Crippen LogP contribution is 2.34. The van der Waals surface area contributed by atoms with Crippen LogP contribution in [0.5, 0.6) is 0 Å². The maximum absolute atomic E-state index is 9.76. The van der Waals surface area contributed by atoms with Gasteiger partial charge in [-0.3, -0.25) is 0 Å². The van der Waals surface area contributed by atoms with Crippen LogP contribution in [0.3, 0.4) is 0 Å². The fourth-order valence-corrected chi connectivity index (χ4v) is 3.34. The molecule has 3 heteroatoms. The first-order chi connectivity index (χ1) is 9.19. The van der Waals surface area contributed by atoms with E-state index in [1.165, 1.54) is 25.7 Å². The Labute approximate surface area is 119 Å². The molecule has 0 aromatic heterocycles. The van der Waals surface area contributed by atoms with Gasteiger partial charge in [-0.25, -0.2) is 0 Å². The van der Waals surface area contributed by atoms with Crippen LogP contribution < -0.4 is 5.32 Å². The van der Waals surface area contributed by atoms with Gasteiger partial charge in [0.1, 0.15) is 0 Å². The predicted octanol–water partition coefficient (Wildman–Crippen LogP) is 2.64. The van der Waals surface area contributed by atoms with E-state index < -0.39 is 0 Å². The highest BCUT2D eigenvalue weighted by Gasteiger charge is 2.33. The molecule has 1 aliphatic carbocycles. The molecule has 0 aromatic carbocycles. The zero-order valence-corrected chi connectivity index (χ0v) is 13.2. The van der Waals surface area contributed by atoms with Gasteiger partial charge in [0.15, 0.2) is 0 Å². The number of likely N-dealkylation sites (N-methyl/N-ethyl adjacent to an activating group) is 1. The molecule has 0 heterocycles. The molecule has 1 saturated carbocycles. The third kappa shape index (κ3) is 5.41. The zero-order valence-electron chi connectivity index (χ0n) is 13.2. The van der Waals surface area contributed by atoms with Crippen LogP contribution in [0.1, 0.15) is 59.3 Å². The van der Waals surface area contributed by atoms with Crippen LogP contribution in [0.2, 0.25) is 0 Å². The average Bonchev–Trinajstić information content (AvgIpc) is 2.46. The van der Waals surface area contributed by atoms with E-state index in [1.54, 1.807) is 0 Å². The summed E-state index contributed by atoms with van der Waals surface area (Å²) in [5, 5.41) is 13.4. The van der Waals surface area contributed by atoms with E-state index in [0.29, 0.717) is 6.61 Å². The van der Waals surface area contributed by atoms with Crippen molar-refractivity contribution in [2.24, 2.45) is 5.92 Å². The monoisotopic (exact) mass is 270 g/mol. The van der Waals surface area contributed by atoms with Crippen molar-refractivity contribution >= 4 is 0 Å². The molecule has 3 nitrogen and oxygen atoms in total. The van der Waals surface area contributed by atoms with Gasteiger partial charge in [-0.15, -0.1) is 0 Å². The number of aliphatic hydroxyl groups excluding tert-OH is 1. The second-order valence-electron chi connectivity index (χ2n) is 6.12. The van der Waals surface area contributed by atoms with Crippen LogP contribution >= 0.6 is 0 Å². The van der Waals surface area contributed by atoms with Gasteiger partial charge in [0.05, 0.1) is 6.61 Å². The summed E-state index contributed by atoms with van der Waals surface area (Å²) in [6.07, 6.45) is 7.52. The van der Waals surface area contributed by atoms with Crippen LogP contribution in [0.25, 0.3) is 0 Å². The van der Waals surface area contributed by atoms with E-state index in [0.717, 1.165) is 44.9 Å². The van der Waals surface area contributed by atoms with E-state index in [9.17, 15) is 5.11 Å². The number of hydrogen-bond donors (Lipinski definition) is 2. The van der Waals surface area contributed by atoms with E-state index in [2.05, 4.69) is 31.0 Å². The first-order valence-corrected chi connectivity index (χ1v) is 8.28. The zero-order chi connectivity index (χ0) is 14.1. The SMILES string of the molecule is CCCC1CCC(CO)(NCCN(CC)CC)CC1. The molecular formula is C16H34N2O. The van der Waals surface area contributed by atoms with Crippen LogP contribution in [0.4, 0.5) is 0 Å². The maximum Gasteiger partial charge on any atom is 0.0613 e. The van der Waals surface area contributed by atoms with Gasteiger partial charge in [-0.2, -0.15) is 0 Å². The number of aliphatic hydroxyl groups is 1. The summed E-state index contributed by atoms with van der Waals surface area (Å²) in [6, 6.07) is 0. The second kappa shape index (κ2) is 8.93. The first kappa shape index (κ1) is 16.9. The molecule has 0 amide bonds. The van der Waals surface area contributed by atoms with Crippen LogP contribution in [0, 0.1) is 5.92 Å². The number of hydrogen-bond acceptors (Lipinski definition) is 3. The van der Waals surface area contributed by atoms with Crippen LogP contribution in [-0.4, -0.2) is 48.3 Å². The quantitative estimate of drug-likeness (QED) is 0.676. The van der Waals surface area contributed by atoms with E-state index in [1.807, 2.05) is 0 Å². The molecule has 0 atom stereocenters.